The third-order valence-corrected chi connectivity index (χ3v) is 5.04. The average molecular weight is 343 g/mol. The molecule has 25 heavy (non-hydrogen) atoms. The molecule has 0 spiro atoms. The van der Waals surface area contributed by atoms with E-state index in [1.165, 1.54) is 6.92 Å². The van der Waals surface area contributed by atoms with Gasteiger partial charge in [0.05, 0.1) is 11.8 Å². The molecule has 1 aliphatic heterocycles. The van der Waals surface area contributed by atoms with Crippen LogP contribution in [0.3, 0.4) is 0 Å². The van der Waals surface area contributed by atoms with Crippen LogP contribution in [0.4, 0.5) is 0 Å². The molecule has 132 valence electrons. The normalized spacial score (nSPS) is 24.0. The number of likely N-dealkylation sites (tertiary alicyclic amines) is 1. The van der Waals surface area contributed by atoms with Crippen LogP contribution in [-0.2, 0) is 19.1 Å². The quantitative estimate of drug-likeness (QED) is 0.464. The van der Waals surface area contributed by atoms with E-state index >= 15 is 0 Å². The molecule has 1 aromatic carbocycles. The van der Waals surface area contributed by atoms with Gasteiger partial charge in [-0.25, -0.2) is 4.79 Å². The highest BCUT2D eigenvalue weighted by Gasteiger charge is 2.51. The van der Waals surface area contributed by atoms with Crippen LogP contribution in [0.2, 0.25) is 0 Å². The van der Waals surface area contributed by atoms with E-state index < -0.39 is 18.6 Å². The minimum Gasteiger partial charge on any atom is -0.456 e. The lowest BCUT2D eigenvalue weighted by atomic mass is 9.81. The van der Waals surface area contributed by atoms with Gasteiger partial charge in [-0.3, -0.25) is 19.3 Å². The summed E-state index contributed by atoms with van der Waals surface area (Å²) in [6.07, 6.45) is 3.25. The van der Waals surface area contributed by atoms with E-state index in [0.717, 1.165) is 17.7 Å². The number of nitrogens with zero attached hydrogens (tertiary/aromatic N) is 1. The fourth-order valence-corrected chi connectivity index (χ4v) is 3.64. The first-order chi connectivity index (χ1) is 12.0. The predicted octanol–water partition coefficient (Wildman–Crippen LogP) is 1.98. The average Bonchev–Trinajstić information content (AvgIpc) is 2.90. The van der Waals surface area contributed by atoms with E-state index in [2.05, 4.69) is 0 Å². The standard InChI is InChI=1S/C19H21NO5/c1-12(19(24)25-11-16(21)13-7-3-2-4-8-13)20-17(22)14-9-5-6-10-15(14)18(20)23/h2-4,7-8,12,14-15H,5-6,9-11H2,1H3/t12-,14-,15-/m0/s1. The molecule has 0 N–H and O–H groups in total. The second-order valence-electron chi connectivity index (χ2n) is 6.62. The van der Waals surface area contributed by atoms with Crippen LogP contribution < -0.4 is 0 Å². The first-order valence-electron chi connectivity index (χ1n) is 8.62. The molecule has 1 aromatic rings. The van der Waals surface area contributed by atoms with Crippen molar-refractivity contribution in [2.24, 2.45) is 11.8 Å². The number of ketones is 1. The second-order valence-corrected chi connectivity index (χ2v) is 6.62. The Labute approximate surface area is 146 Å². The molecule has 2 aliphatic rings. The molecule has 0 unspecified atom stereocenters. The summed E-state index contributed by atoms with van der Waals surface area (Å²) in [7, 11) is 0. The molecule has 1 saturated heterocycles. The molecule has 1 aliphatic carbocycles. The van der Waals surface area contributed by atoms with E-state index in [0.29, 0.717) is 18.4 Å². The topological polar surface area (TPSA) is 80.8 Å². The van der Waals surface area contributed by atoms with E-state index in [4.69, 9.17) is 4.74 Å². The lowest BCUT2D eigenvalue weighted by molar-refractivity contribution is -0.157. The van der Waals surface area contributed by atoms with Gasteiger partial charge in [-0.2, -0.15) is 0 Å². The lowest BCUT2D eigenvalue weighted by Crippen LogP contribution is -2.44. The number of hydrogen-bond acceptors (Lipinski definition) is 5. The van der Waals surface area contributed by atoms with Crippen molar-refractivity contribution >= 4 is 23.6 Å². The number of ether oxygens (including phenoxy) is 1. The molecular weight excluding hydrogens is 322 g/mol. The molecule has 6 heteroatoms. The number of Topliss-reactive ketones (excluding diaryl/α,β-unsaturated/α-hetero) is 1. The molecule has 2 amide bonds. The zero-order chi connectivity index (χ0) is 18.0. The summed E-state index contributed by atoms with van der Waals surface area (Å²) in [4.78, 5) is 50.3. The highest BCUT2D eigenvalue weighted by molar-refractivity contribution is 6.08. The van der Waals surface area contributed by atoms with Crippen LogP contribution in [0.1, 0.15) is 43.0 Å². The third kappa shape index (κ3) is 3.34. The van der Waals surface area contributed by atoms with E-state index in [9.17, 15) is 19.2 Å². The van der Waals surface area contributed by atoms with Gasteiger partial charge in [-0.1, -0.05) is 43.2 Å². The lowest BCUT2D eigenvalue weighted by Gasteiger charge is -2.21. The van der Waals surface area contributed by atoms with Crippen molar-refractivity contribution < 1.29 is 23.9 Å². The van der Waals surface area contributed by atoms with Gasteiger partial charge in [-0.05, 0) is 19.8 Å². The van der Waals surface area contributed by atoms with Crippen molar-refractivity contribution in [3.8, 4) is 0 Å². The summed E-state index contributed by atoms with van der Waals surface area (Å²) in [5.41, 5.74) is 0.447. The number of carbonyl (C=O) groups excluding carboxylic acids is 4. The number of amides is 2. The largest absolute Gasteiger partial charge is 0.456 e. The number of esters is 1. The highest BCUT2D eigenvalue weighted by Crippen LogP contribution is 2.38. The Balaban J connectivity index is 1.61. The van der Waals surface area contributed by atoms with Crippen molar-refractivity contribution in [3.05, 3.63) is 35.9 Å². The van der Waals surface area contributed by atoms with Gasteiger partial charge in [0.2, 0.25) is 11.8 Å². The minimum atomic E-state index is -1.01. The van der Waals surface area contributed by atoms with Gasteiger partial charge in [0.25, 0.3) is 0 Å². The Morgan fingerprint density at radius 2 is 1.64 bits per heavy atom. The summed E-state index contributed by atoms with van der Waals surface area (Å²) in [6.45, 7) is 1.07. The molecule has 1 saturated carbocycles. The zero-order valence-corrected chi connectivity index (χ0v) is 14.1. The SMILES string of the molecule is C[C@@H](C(=O)OCC(=O)c1ccccc1)N1C(=O)[C@H]2CCCC[C@@H]2C1=O. The van der Waals surface area contributed by atoms with E-state index in [1.54, 1.807) is 30.3 Å². The maximum atomic E-state index is 12.5. The van der Waals surface area contributed by atoms with Crippen LogP contribution in [0.5, 0.6) is 0 Å². The van der Waals surface area contributed by atoms with Gasteiger partial charge in [-0.15, -0.1) is 0 Å². The van der Waals surface area contributed by atoms with E-state index in [-0.39, 0.29) is 29.4 Å². The highest BCUT2D eigenvalue weighted by atomic mass is 16.5. The van der Waals surface area contributed by atoms with Crippen molar-refractivity contribution in [1.82, 2.24) is 4.90 Å². The van der Waals surface area contributed by atoms with Crippen LogP contribution in [0, 0.1) is 11.8 Å². The molecule has 1 heterocycles. The number of imide groups is 1. The van der Waals surface area contributed by atoms with Gasteiger partial charge >= 0.3 is 5.97 Å². The number of benzene rings is 1. The van der Waals surface area contributed by atoms with Gasteiger partial charge in [0.15, 0.2) is 12.4 Å². The van der Waals surface area contributed by atoms with Gasteiger partial charge in [0, 0.05) is 5.56 Å². The molecule has 0 aromatic heterocycles. The maximum absolute atomic E-state index is 12.5. The molecule has 3 rings (SSSR count). The van der Waals surface area contributed by atoms with E-state index in [1.807, 2.05) is 0 Å². The third-order valence-electron chi connectivity index (χ3n) is 5.04. The van der Waals surface area contributed by atoms with Gasteiger partial charge < -0.3 is 4.74 Å². The number of hydrogen-bond donors (Lipinski definition) is 0. The Kier molecular flexibility index (Phi) is 4.97. The zero-order valence-electron chi connectivity index (χ0n) is 14.1. The van der Waals surface area contributed by atoms with Crippen molar-refractivity contribution in [3.63, 3.8) is 0 Å². The molecule has 0 bridgehead atoms. The Hall–Kier alpha value is -2.50. The molecule has 2 fully saturated rings. The first-order valence-corrected chi connectivity index (χ1v) is 8.62. The minimum absolute atomic E-state index is 0.284. The fraction of sp³-hybridized carbons (Fsp3) is 0.474. The molecule has 3 atom stereocenters. The summed E-state index contributed by atoms with van der Waals surface area (Å²) in [5.74, 6) is -2.23. The first kappa shape index (κ1) is 17.3. The Bertz CT molecular complexity index is 675. The monoisotopic (exact) mass is 343 g/mol. The second kappa shape index (κ2) is 7.17. The molecule has 0 radical (unpaired) electrons. The van der Waals surface area contributed by atoms with Crippen molar-refractivity contribution in [1.29, 1.82) is 0 Å². The smallest absolute Gasteiger partial charge is 0.329 e. The van der Waals surface area contributed by atoms with Crippen molar-refractivity contribution in [2.75, 3.05) is 6.61 Å². The summed E-state index contributed by atoms with van der Waals surface area (Å²) < 4.78 is 5.05. The Morgan fingerprint density at radius 3 is 2.20 bits per heavy atom. The maximum Gasteiger partial charge on any atom is 0.329 e. The summed E-state index contributed by atoms with van der Waals surface area (Å²) >= 11 is 0. The Morgan fingerprint density at radius 1 is 1.08 bits per heavy atom. The summed E-state index contributed by atoms with van der Waals surface area (Å²) in [6, 6.07) is 7.50. The van der Waals surface area contributed by atoms with Crippen LogP contribution in [-0.4, -0.2) is 41.1 Å². The molecule has 6 nitrogen and oxygen atoms in total. The molecular formula is C19H21NO5. The van der Waals surface area contributed by atoms with Crippen LogP contribution >= 0.6 is 0 Å². The predicted molar refractivity (Wildman–Crippen MR) is 88.5 cm³/mol. The number of carbonyl (C=O) groups is 4. The van der Waals surface area contributed by atoms with Crippen LogP contribution in [0.15, 0.2) is 30.3 Å². The van der Waals surface area contributed by atoms with Gasteiger partial charge in [0.1, 0.15) is 6.04 Å². The fourth-order valence-electron chi connectivity index (χ4n) is 3.64. The van der Waals surface area contributed by atoms with Crippen molar-refractivity contribution in [2.45, 2.75) is 38.6 Å². The van der Waals surface area contributed by atoms with Crippen LogP contribution in [0.25, 0.3) is 0 Å². The number of rotatable bonds is 5. The summed E-state index contributed by atoms with van der Waals surface area (Å²) in [5, 5.41) is 0. The number of fused-ring (bicyclic) bond motifs is 1.